The number of nitrogens with zero attached hydrogens (tertiary/aromatic N) is 4. The molecule has 1 saturated heterocycles. The topological polar surface area (TPSA) is 93.4 Å². The Kier molecular flexibility index (Phi) is 8.53. The summed E-state index contributed by atoms with van der Waals surface area (Å²) in [6.07, 6.45) is 1.72. The second-order valence-corrected chi connectivity index (χ2v) is 10.6. The summed E-state index contributed by atoms with van der Waals surface area (Å²) < 4.78 is 22.3. The summed E-state index contributed by atoms with van der Waals surface area (Å²) in [7, 11) is 3.34. The molecule has 1 fully saturated rings. The fourth-order valence-corrected chi connectivity index (χ4v) is 5.42. The van der Waals surface area contributed by atoms with Gasteiger partial charge in [-0.05, 0) is 42.8 Å². The van der Waals surface area contributed by atoms with E-state index in [2.05, 4.69) is 15.5 Å². The Balaban J connectivity index is 1.44. The van der Waals surface area contributed by atoms with Gasteiger partial charge in [-0.2, -0.15) is 5.10 Å². The van der Waals surface area contributed by atoms with E-state index in [1.54, 1.807) is 43.2 Å². The van der Waals surface area contributed by atoms with Crippen molar-refractivity contribution in [3.05, 3.63) is 99.2 Å². The van der Waals surface area contributed by atoms with Gasteiger partial charge in [-0.15, -0.1) is 0 Å². The Morgan fingerprint density at radius 3 is 2.63 bits per heavy atom. The lowest BCUT2D eigenvalue weighted by molar-refractivity contribution is 0.159. The zero-order chi connectivity index (χ0) is 29.1. The molecule has 5 rings (SSSR count). The van der Waals surface area contributed by atoms with E-state index < -0.39 is 11.8 Å². The van der Waals surface area contributed by atoms with E-state index in [1.165, 1.54) is 16.7 Å². The van der Waals surface area contributed by atoms with Gasteiger partial charge in [0.15, 0.2) is 0 Å². The highest BCUT2D eigenvalue weighted by Gasteiger charge is 2.35. The van der Waals surface area contributed by atoms with Gasteiger partial charge in [-0.25, -0.2) is 13.9 Å². The second kappa shape index (κ2) is 12.3. The number of anilines is 1. The Morgan fingerprint density at radius 2 is 1.93 bits per heavy atom. The third kappa shape index (κ3) is 6.19. The van der Waals surface area contributed by atoms with Gasteiger partial charge in [-0.1, -0.05) is 35.9 Å². The number of pyridine rings is 1. The zero-order valence-electron chi connectivity index (χ0n) is 23.1. The molecule has 0 unspecified atom stereocenters. The fourth-order valence-electron chi connectivity index (χ4n) is 5.23. The Labute approximate surface area is 242 Å². The van der Waals surface area contributed by atoms with Crippen molar-refractivity contribution in [1.82, 2.24) is 24.6 Å². The molecular weight excluding hydrogens is 547 g/mol. The molecule has 11 heteroatoms. The molecule has 0 aliphatic carbocycles. The Hall–Kier alpha value is -3.99. The number of para-hydroxylation sites is 1. The SMILES string of the molecule is COCCN1C[C@@H](NC(=O)Nc2c(C)c(-c3ccc(=O)n(C)c3)nn2-c2ccccc2)[C@H](c2ccc(F)c(Cl)c2)C1. The number of amides is 2. The van der Waals surface area contributed by atoms with Crippen LogP contribution in [0.3, 0.4) is 0 Å². The number of carbonyl (C=O) groups is 1. The largest absolute Gasteiger partial charge is 0.383 e. The lowest BCUT2D eigenvalue weighted by atomic mass is 9.94. The Morgan fingerprint density at radius 1 is 1.15 bits per heavy atom. The average Bonchev–Trinajstić information content (AvgIpc) is 3.51. The number of ether oxygens (including phenoxy) is 1. The molecule has 0 radical (unpaired) electrons. The number of nitrogens with one attached hydrogen (secondary N) is 2. The quantitative estimate of drug-likeness (QED) is 0.319. The van der Waals surface area contributed by atoms with E-state index in [1.807, 2.05) is 37.3 Å². The van der Waals surface area contributed by atoms with Crippen molar-refractivity contribution in [3.8, 4) is 16.9 Å². The zero-order valence-corrected chi connectivity index (χ0v) is 23.9. The van der Waals surface area contributed by atoms with Crippen molar-refractivity contribution in [2.45, 2.75) is 18.9 Å². The highest BCUT2D eigenvalue weighted by Crippen LogP contribution is 2.32. The molecule has 214 valence electrons. The first-order valence-corrected chi connectivity index (χ1v) is 13.7. The predicted molar refractivity (Wildman–Crippen MR) is 157 cm³/mol. The van der Waals surface area contributed by atoms with Crippen LogP contribution in [0.4, 0.5) is 15.0 Å². The van der Waals surface area contributed by atoms with Gasteiger partial charge in [0.2, 0.25) is 5.56 Å². The molecule has 2 atom stereocenters. The van der Waals surface area contributed by atoms with Gasteiger partial charge in [0, 0.05) is 63.1 Å². The molecule has 2 aromatic carbocycles. The number of hydrogen-bond donors (Lipinski definition) is 2. The lowest BCUT2D eigenvalue weighted by Crippen LogP contribution is -2.42. The molecule has 1 aliphatic heterocycles. The van der Waals surface area contributed by atoms with Gasteiger partial charge >= 0.3 is 6.03 Å². The number of urea groups is 1. The number of methoxy groups -OCH3 is 1. The molecular formula is C30H32ClFN6O3. The van der Waals surface area contributed by atoms with Crippen LogP contribution in [0.2, 0.25) is 5.02 Å². The first-order valence-electron chi connectivity index (χ1n) is 13.3. The molecule has 4 aromatic rings. The standard InChI is InChI=1S/C30H32ClFN6O3/c1-19-28(21-10-12-27(39)36(2)16-21)35-38(22-7-5-4-6-8-22)29(19)34-30(40)33-26-18-37(13-14-41-3)17-23(26)20-9-11-25(32)24(31)15-20/h4-12,15-16,23,26H,13-14,17-18H2,1-3H3,(H2,33,34,40)/t23-,26+/m0/s1. The molecule has 0 spiro atoms. The maximum atomic E-state index is 13.9. The smallest absolute Gasteiger partial charge is 0.320 e. The van der Waals surface area contributed by atoms with E-state index in [0.717, 1.165) is 22.4 Å². The number of aryl methyl sites for hydroxylation is 1. The van der Waals surface area contributed by atoms with Crippen LogP contribution in [0.15, 0.2) is 71.7 Å². The first kappa shape index (κ1) is 28.5. The fraction of sp³-hybridized carbons (Fsp3) is 0.300. The minimum Gasteiger partial charge on any atom is -0.383 e. The average molecular weight is 579 g/mol. The van der Waals surface area contributed by atoms with Crippen LogP contribution in [0.5, 0.6) is 0 Å². The van der Waals surface area contributed by atoms with Crippen LogP contribution in [-0.2, 0) is 11.8 Å². The minimum atomic E-state index is -0.481. The van der Waals surface area contributed by atoms with Gasteiger partial charge in [0.05, 0.1) is 29.1 Å². The van der Waals surface area contributed by atoms with E-state index in [9.17, 15) is 14.0 Å². The number of hydrogen-bond acceptors (Lipinski definition) is 5. The lowest BCUT2D eigenvalue weighted by Gasteiger charge is -2.21. The van der Waals surface area contributed by atoms with Gasteiger partial charge < -0.3 is 14.6 Å². The third-order valence-corrected chi connectivity index (χ3v) is 7.70. The highest BCUT2D eigenvalue weighted by atomic mass is 35.5. The monoisotopic (exact) mass is 578 g/mol. The molecule has 3 heterocycles. The first-order chi connectivity index (χ1) is 19.7. The van der Waals surface area contributed by atoms with E-state index in [0.29, 0.717) is 37.8 Å². The highest BCUT2D eigenvalue weighted by molar-refractivity contribution is 6.30. The maximum Gasteiger partial charge on any atom is 0.320 e. The maximum absolute atomic E-state index is 13.9. The Bertz CT molecular complexity index is 1610. The number of likely N-dealkylation sites (tertiary alicyclic amines) is 1. The normalized spacial score (nSPS) is 17.1. The third-order valence-electron chi connectivity index (χ3n) is 7.41. The number of carbonyl (C=O) groups excluding carboxylic acids is 1. The number of aromatic nitrogens is 3. The summed E-state index contributed by atoms with van der Waals surface area (Å²) >= 11 is 6.10. The molecule has 1 aliphatic rings. The van der Waals surface area contributed by atoms with Gasteiger partial charge in [-0.3, -0.25) is 15.0 Å². The van der Waals surface area contributed by atoms with Crippen molar-refractivity contribution < 1.29 is 13.9 Å². The van der Waals surface area contributed by atoms with E-state index in [-0.39, 0.29) is 22.5 Å². The van der Waals surface area contributed by atoms with Crippen molar-refractivity contribution in [2.75, 3.05) is 38.7 Å². The molecule has 41 heavy (non-hydrogen) atoms. The molecule has 0 saturated carbocycles. The molecule has 0 bridgehead atoms. The van der Waals surface area contributed by atoms with Gasteiger partial charge in [0.25, 0.3) is 0 Å². The van der Waals surface area contributed by atoms with Crippen LogP contribution in [0, 0.1) is 12.7 Å². The van der Waals surface area contributed by atoms with Crippen molar-refractivity contribution in [3.63, 3.8) is 0 Å². The van der Waals surface area contributed by atoms with Crippen LogP contribution < -0.4 is 16.2 Å². The predicted octanol–water partition coefficient (Wildman–Crippen LogP) is 4.57. The molecule has 9 nitrogen and oxygen atoms in total. The minimum absolute atomic E-state index is 0.0503. The van der Waals surface area contributed by atoms with E-state index >= 15 is 0 Å². The number of halogens is 2. The summed E-state index contributed by atoms with van der Waals surface area (Å²) in [6.45, 7) is 4.39. The molecule has 2 amide bonds. The summed E-state index contributed by atoms with van der Waals surface area (Å²) in [5.41, 5.74) is 3.64. The summed E-state index contributed by atoms with van der Waals surface area (Å²) in [4.78, 5) is 27.7. The number of benzene rings is 2. The summed E-state index contributed by atoms with van der Waals surface area (Å²) in [6, 6.07) is 16.8. The summed E-state index contributed by atoms with van der Waals surface area (Å²) in [5, 5.41) is 11.0. The van der Waals surface area contributed by atoms with Crippen molar-refractivity contribution >= 4 is 23.4 Å². The van der Waals surface area contributed by atoms with E-state index in [4.69, 9.17) is 21.4 Å². The van der Waals surface area contributed by atoms with Crippen LogP contribution in [0.25, 0.3) is 16.9 Å². The van der Waals surface area contributed by atoms with Crippen molar-refractivity contribution in [2.24, 2.45) is 7.05 Å². The van der Waals surface area contributed by atoms with Crippen LogP contribution in [0.1, 0.15) is 17.0 Å². The summed E-state index contributed by atoms with van der Waals surface area (Å²) in [5.74, 6) is -0.0731. The van der Waals surface area contributed by atoms with Crippen LogP contribution in [-0.4, -0.2) is 64.7 Å². The van der Waals surface area contributed by atoms with Crippen LogP contribution >= 0.6 is 11.6 Å². The van der Waals surface area contributed by atoms with Crippen molar-refractivity contribution in [1.29, 1.82) is 0 Å². The second-order valence-electron chi connectivity index (χ2n) is 10.2. The molecule has 2 N–H and O–H groups in total. The molecule has 2 aromatic heterocycles. The number of rotatable bonds is 8. The van der Waals surface area contributed by atoms with Gasteiger partial charge in [0.1, 0.15) is 11.6 Å².